The van der Waals surface area contributed by atoms with Crippen molar-refractivity contribution >= 4 is 11.0 Å². The van der Waals surface area contributed by atoms with Crippen LogP contribution in [0.1, 0.15) is 0 Å². The molecule has 1 fully saturated rings. The molecule has 0 saturated carbocycles. The van der Waals surface area contributed by atoms with Crippen LogP contribution >= 0.6 is 0 Å². The van der Waals surface area contributed by atoms with Crippen LogP contribution in [0.25, 0.3) is 11.0 Å². The number of rotatable bonds is 7. The number of aromatic amines is 1. The number of halogens is 3. The van der Waals surface area contributed by atoms with E-state index in [1.807, 2.05) is 4.90 Å². The van der Waals surface area contributed by atoms with Crippen LogP contribution in [0.3, 0.4) is 0 Å². The van der Waals surface area contributed by atoms with Crippen molar-refractivity contribution < 1.29 is 18.3 Å². The summed E-state index contributed by atoms with van der Waals surface area (Å²) in [7, 11) is 0. The summed E-state index contributed by atoms with van der Waals surface area (Å²) < 4.78 is 40.7. The van der Waals surface area contributed by atoms with Crippen LogP contribution in [0.4, 0.5) is 13.2 Å². The molecule has 0 amide bonds. The van der Waals surface area contributed by atoms with E-state index in [1.54, 1.807) is 16.7 Å². The standard InChI is InChI=1S/C21H25F3N4O2/c1-2-3-5-16(21(22,23)24)8-9-26-10-12-27(13-11-26)14-15-28-17-6-4-7-18(29)19(17)25-20(28)30/h2-8,29H,1,9-15H2,(H,25,30)/b5-3-,16-8+. The lowest BCUT2D eigenvalue weighted by molar-refractivity contribution is -0.0885. The van der Waals surface area contributed by atoms with Crippen LogP contribution in [-0.4, -0.2) is 69.9 Å². The predicted octanol–water partition coefficient (Wildman–Crippen LogP) is 2.88. The summed E-state index contributed by atoms with van der Waals surface area (Å²) in [4.78, 5) is 19.0. The van der Waals surface area contributed by atoms with E-state index in [9.17, 15) is 23.1 Å². The zero-order chi connectivity index (χ0) is 21.7. The molecule has 0 atom stereocenters. The van der Waals surface area contributed by atoms with E-state index >= 15 is 0 Å². The number of fused-ring (bicyclic) bond motifs is 1. The fraction of sp³-hybridized carbons (Fsp3) is 0.381. The molecule has 1 aromatic carbocycles. The van der Waals surface area contributed by atoms with Crippen molar-refractivity contribution in [2.24, 2.45) is 0 Å². The van der Waals surface area contributed by atoms with Gasteiger partial charge in [-0.3, -0.25) is 14.4 Å². The zero-order valence-corrected chi connectivity index (χ0v) is 16.5. The minimum atomic E-state index is -4.39. The number of phenolic OH excluding ortho intramolecular Hbond substituents is 1. The molecular weight excluding hydrogens is 397 g/mol. The van der Waals surface area contributed by atoms with Crippen molar-refractivity contribution in [2.45, 2.75) is 12.7 Å². The average Bonchev–Trinajstić information content (AvgIpc) is 3.03. The van der Waals surface area contributed by atoms with Crippen molar-refractivity contribution in [3.63, 3.8) is 0 Å². The lowest BCUT2D eigenvalue weighted by Gasteiger charge is -2.34. The van der Waals surface area contributed by atoms with Crippen molar-refractivity contribution in [1.82, 2.24) is 19.4 Å². The van der Waals surface area contributed by atoms with Gasteiger partial charge in [-0.25, -0.2) is 4.79 Å². The summed E-state index contributed by atoms with van der Waals surface area (Å²) in [6.45, 7) is 7.45. The number of nitrogens with zero attached hydrogens (tertiary/aromatic N) is 3. The molecule has 1 aliphatic heterocycles. The molecule has 1 aliphatic rings. The minimum Gasteiger partial charge on any atom is -0.506 e. The van der Waals surface area contributed by atoms with Gasteiger partial charge in [0.15, 0.2) is 0 Å². The van der Waals surface area contributed by atoms with E-state index in [1.165, 1.54) is 24.3 Å². The number of phenols is 1. The van der Waals surface area contributed by atoms with Gasteiger partial charge in [0, 0.05) is 45.8 Å². The highest BCUT2D eigenvalue weighted by atomic mass is 19.4. The number of para-hydroxylation sites is 1. The first-order chi connectivity index (χ1) is 14.3. The van der Waals surface area contributed by atoms with Gasteiger partial charge in [-0.05, 0) is 12.1 Å². The molecule has 2 aromatic rings. The maximum Gasteiger partial charge on any atom is 0.416 e. The first kappa shape index (κ1) is 21.9. The number of alkyl halides is 3. The SMILES string of the molecule is C=C/C=C\C(=C/CN1CCN(CCn2c(=O)[nH]c3c(O)cccc32)CC1)C(F)(F)F. The third-order valence-corrected chi connectivity index (χ3v) is 5.20. The van der Waals surface area contributed by atoms with E-state index < -0.39 is 11.7 Å². The number of aromatic nitrogens is 2. The van der Waals surface area contributed by atoms with Gasteiger partial charge >= 0.3 is 11.9 Å². The molecule has 1 saturated heterocycles. The lowest BCUT2D eigenvalue weighted by Crippen LogP contribution is -2.47. The maximum absolute atomic E-state index is 13.0. The topological polar surface area (TPSA) is 64.5 Å². The van der Waals surface area contributed by atoms with Gasteiger partial charge in [0.1, 0.15) is 11.3 Å². The molecule has 9 heteroatoms. The molecule has 6 nitrogen and oxygen atoms in total. The quantitative estimate of drug-likeness (QED) is 0.674. The van der Waals surface area contributed by atoms with Gasteiger partial charge in [0.2, 0.25) is 0 Å². The number of benzene rings is 1. The molecule has 0 unspecified atom stereocenters. The summed E-state index contributed by atoms with van der Waals surface area (Å²) in [5.41, 5.74) is 0.121. The zero-order valence-electron chi connectivity index (χ0n) is 16.5. The molecule has 0 aliphatic carbocycles. The highest BCUT2D eigenvalue weighted by Crippen LogP contribution is 2.26. The second-order valence-corrected chi connectivity index (χ2v) is 7.15. The van der Waals surface area contributed by atoms with E-state index in [0.29, 0.717) is 50.3 Å². The summed E-state index contributed by atoms with van der Waals surface area (Å²) in [5.74, 6) is 0.0335. The Hall–Kier alpha value is -2.78. The maximum atomic E-state index is 13.0. The van der Waals surface area contributed by atoms with Crippen LogP contribution in [0.15, 0.2) is 59.4 Å². The van der Waals surface area contributed by atoms with E-state index in [0.717, 1.165) is 6.08 Å². The second-order valence-electron chi connectivity index (χ2n) is 7.15. The smallest absolute Gasteiger partial charge is 0.416 e. The molecule has 0 spiro atoms. The van der Waals surface area contributed by atoms with Crippen molar-refractivity contribution in [3.8, 4) is 5.75 Å². The number of allylic oxidation sites excluding steroid dienone is 4. The third kappa shape index (κ3) is 5.22. The van der Waals surface area contributed by atoms with E-state index in [2.05, 4.69) is 16.5 Å². The van der Waals surface area contributed by atoms with Crippen LogP contribution < -0.4 is 5.69 Å². The molecule has 1 aromatic heterocycles. The lowest BCUT2D eigenvalue weighted by atomic mass is 10.2. The minimum absolute atomic E-state index is 0.0335. The van der Waals surface area contributed by atoms with Gasteiger partial charge in [0.05, 0.1) is 11.1 Å². The normalized spacial score (nSPS) is 17.2. The summed E-state index contributed by atoms with van der Waals surface area (Å²) in [6, 6.07) is 4.98. The van der Waals surface area contributed by atoms with Crippen molar-refractivity contribution in [1.29, 1.82) is 0 Å². The first-order valence-corrected chi connectivity index (χ1v) is 9.71. The summed E-state index contributed by atoms with van der Waals surface area (Å²) >= 11 is 0. The number of hydrogen-bond donors (Lipinski definition) is 2. The summed E-state index contributed by atoms with van der Waals surface area (Å²) in [5, 5.41) is 9.86. The summed E-state index contributed by atoms with van der Waals surface area (Å²) in [6.07, 6.45) is 0.443. The van der Waals surface area contributed by atoms with Gasteiger partial charge in [-0.15, -0.1) is 0 Å². The Morgan fingerprint density at radius 1 is 1.17 bits per heavy atom. The number of H-pyrrole nitrogens is 1. The van der Waals surface area contributed by atoms with Gasteiger partial charge in [-0.2, -0.15) is 13.2 Å². The number of imidazole rings is 1. The van der Waals surface area contributed by atoms with E-state index in [4.69, 9.17) is 0 Å². The number of hydrogen-bond acceptors (Lipinski definition) is 4. The Kier molecular flexibility index (Phi) is 6.84. The number of piperazine rings is 1. The molecule has 3 rings (SSSR count). The average molecular weight is 422 g/mol. The molecule has 162 valence electrons. The fourth-order valence-electron chi connectivity index (χ4n) is 3.50. The Balaban J connectivity index is 1.54. The monoisotopic (exact) mass is 422 g/mol. The molecule has 2 heterocycles. The Bertz CT molecular complexity index is 996. The van der Waals surface area contributed by atoms with E-state index in [-0.39, 0.29) is 18.0 Å². The Labute approximate surface area is 172 Å². The molecule has 0 radical (unpaired) electrons. The molecule has 30 heavy (non-hydrogen) atoms. The molecule has 2 N–H and O–H groups in total. The van der Waals surface area contributed by atoms with Crippen molar-refractivity contribution in [2.75, 3.05) is 39.3 Å². The molecular formula is C21H25F3N4O2. The van der Waals surface area contributed by atoms with Gasteiger partial charge in [0.25, 0.3) is 0 Å². The molecule has 0 bridgehead atoms. The second kappa shape index (κ2) is 9.36. The van der Waals surface area contributed by atoms with Gasteiger partial charge in [-0.1, -0.05) is 36.9 Å². The Morgan fingerprint density at radius 3 is 2.53 bits per heavy atom. The largest absolute Gasteiger partial charge is 0.506 e. The highest BCUT2D eigenvalue weighted by molar-refractivity contribution is 5.81. The highest BCUT2D eigenvalue weighted by Gasteiger charge is 2.31. The van der Waals surface area contributed by atoms with Gasteiger partial charge < -0.3 is 10.1 Å². The van der Waals surface area contributed by atoms with Crippen LogP contribution in [-0.2, 0) is 6.54 Å². The predicted molar refractivity (Wildman–Crippen MR) is 111 cm³/mol. The number of nitrogens with one attached hydrogen (secondary N) is 1. The Morgan fingerprint density at radius 2 is 1.87 bits per heavy atom. The fourth-order valence-corrected chi connectivity index (χ4v) is 3.50. The van der Waals surface area contributed by atoms with Crippen molar-refractivity contribution in [3.05, 3.63) is 65.1 Å². The third-order valence-electron chi connectivity index (χ3n) is 5.20. The van der Waals surface area contributed by atoms with Crippen LogP contribution in [0, 0.1) is 0 Å². The number of aromatic hydroxyl groups is 1. The first-order valence-electron chi connectivity index (χ1n) is 9.71. The van der Waals surface area contributed by atoms with Crippen LogP contribution in [0.5, 0.6) is 5.75 Å². The van der Waals surface area contributed by atoms with Crippen LogP contribution in [0.2, 0.25) is 0 Å².